The van der Waals surface area contributed by atoms with Gasteiger partial charge < -0.3 is 4.57 Å². The highest BCUT2D eigenvalue weighted by Gasteiger charge is 2.25. The second kappa shape index (κ2) is 5.22. The third kappa shape index (κ3) is 2.16. The summed E-state index contributed by atoms with van der Waals surface area (Å²) in [6, 6.07) is 4.84. The fourth-order valence-corrected chi connectivity index (χ4v) is 3.30. The van der Waals surface area contributed by atoms with Crippen LogP contribution < -0.4 is 4.80 Å². The van der Waals surface area contributed by atoms with Crippen LogP contribution in [-0.2, 0) is 11.3 Å². The molecule has 5 heteroatoms. The molecule has 0 bridgehead atoms. The van der Waals surface area contributed by atoms with Gasteiger partial charge in [0.15, 0.2) is 4.80 Å². The van der Waals surface area contributed by atoms with E-state index in [-0.39, 0.29) is 24.2 Å². The summed E-state index contributed by atoms with van der Waals surface area (Å²) in [5, 5.41) is 0. The van der Waals surface area contributed by atoms with Gasteiger partial charge in [-0.1, -0.05) is 29.7 Å². The number of amides is 1. The van der Waals surface area contributed by atoms with Crippen molar-refractivity contribution < 1.29 is 9.18 Å². The van der Waals surface area contributed by atoms with Crippen molar-refractivity contribution in [3.05, 3.63) is 28.8 Å². The van der Waals surface area contributed by atoms with Crippen LogP contribution in [0.1, 0.15) is 19.3 Å². The van der Waals surface area contributed by atoms with E-state index in [9.17, 15) is 9.18 Å². The van der Waals surface area contributed by atoms with E-state index < -0.39 is 0 Å². The predicted molar refractivity (Wildman–Crippen MR) is 76.5 cm³/mol. The standard InChI is InChI=1S/C15H13FN2OS/c1-2-9-18-13-11(16)7-4-8-12(13)20-15(18)17-14(19)10-5-3-6-10/h1,4,7-8,10H,3,5-6,9H2. The Morgan fingerprint density at radius 2 is 2.35 bits per heavy atom. The van der Waals surface area contributed by atoms with Crippen LogP contribution >= 0.6 is 11.3 Å². The molecule has 0 radical (unpaired) electrons. The lowest BCUT2D eigenvalue weighted by molar-refractivity contribution is -0.124. The molecule has 0 saturated heterocycles. The number of carbonyl (C=O) groups is 1. The van der Waals surface area contributed by atoms with Crippen molar-refractivity contribution in [2.45, 2.75) is 25.8 Å². The Bertz CT molecular complexity index is 777. The van der Waals surface area contributed by atoms with E-state index >= 15 is 0 Å². The zero-order chi connectivity index (χ0) is 14.1. The largest absolute Gasteiger partial charge is 0.302 e. The lowest BCUT2D eigenvalue weighted by atomic mass is 9.85. The first-order chi connectivity index (χ1) is 9.70. The van der Waals surface area contributed by atoms with Gasteiger partial charge in [-0.3, -0.25) is 4.79 Å². The van der Waals surface area contributed by atoms with Crippen LogP contribution in [-0.4, -0.2) is 10.5 Å². The Hall–Kier alpha value is -1.93. The lowest BCUT2D eigenvalue weighted by Gasteiger charge is -2.20. The second-order valence-corrected chi connectivity index (χ2v) is 5.85. The van der Waals surface area contributed by atoms with E-state index in [0.717, 1.165) is 24.0 Å². The van der Waals surface area contributed by atoms with Gasteiger partial charge in [-0.05, 0) is 25.0 Å². The molecule has 0 spiro atoms. The van der Waals surface area contributed by atoms with Gasteiger partial charge in [-0.2, -0.15) is 4.99 Å². The molecular formula is C15H13FN2OS. The maximum Gasteiger partial charge on any atom is 0.251 e. The van der Waals surface area contributed by atoms with Gasteiger partial charge in [-0.25, -0.2) is 4.39 Å². The van der Waals surface area contributed by atoms with Gasteiger partial charge >= 0.3 is 0 Å². The number of benzene rings is 1. The zero-order valence-corrected chi connectivity index (χ0v) is 11.6. The maximum atomic E-state index is 13.9. The van der Waals surface area contributed by atoms with Crippen molar-refractivity contribution in [2.75, 3.05) is 0 Å². The van der Waals surface area contributed by atoms with Crippen LogP contribution in [0, 0.1) is 24.1 Å². The SMILES string of the molecule is C#CCn1c(=NC(=O)C2CCC2)sc2cccc(F)c21. The number of rotatable bonds is 2. The van der Waals surface area contributed by atoms with Crippen molar-refractivity contribution in [1.29, 1.82) is 0 Å². The average Bonchev–Trinajstić information content (AvgIpc) is 2.67. The molecule has 20 heavy (non-hydrogen) atoms. The van der Waals surface area contributed by atoms with Crippen molar-refractivity contribution in [2.24, 2.45) is 10.9 Å². The Kier molecular flexibility index (Phi) is 3.41. The van der Waals surface area contributed by atoms with E-state index in [2.05, 4.69) is 10.9 Å². The molecule has 0 aliphatic heterocycles. The smallest absolute Gasteiger partial charge is 0.251 e. The van der Waals surface area contributed by atoms with E-state index in [0.29, 0.717) is 10.3 Å². The second-order valence-electron chi connectivity index (χ2n) is 4.84. The van der Waals surface area contributed by atoms with E-state index in [4.69, 9.17) is 6.42 Å². The van der Waals surface area contributed by atoms with E-state index in [1.54, 1.807) is 10.6 Å². The molecule has 2 aromatic rings. The summed E-state index contributed by atoms with van der Waals surface area (Å²) in [5.41, 5.74) is 0.426. The van der Waals surface area contributed by atoms with Crippen LogP contribution in [0.3, 0.4) is 0 Å². The van der Waals surface area contributed by atoms with Crippen LogP contribution in [0.25, 0.3) is 10.2 Å². The van der Waals surface area contributed by atoms with E-state index in [1.807, 2.05) is 6.07 Å². The number of para-hydroxylation sites is 1. The summed E-state index contributed by atoms with van der Waals surface area (Å²) in [5.74, 6) is 2.07. The Morgan fingerprint density at radius 1 is 1.55 bits per heavy atom. The molecule has 1 aromatic heterocycles. The van der Waals surface area contributed by atoms with Crippen LogP contribution in [0.15, 0.2) is 23.2 Å². The Labute approximate surface area is 119 Å². The lowest BCUT2D eigenvalue weighted by Crippen LogP contribution is -2.24. The number of nitrogens with zero attached hydrogens (tertiary/aromatic N) is 2. The van der Waals surface area contributed by atoms with Crippen LogP contribution in [0.2, 0.25) is 0 Å². The highest BCUT2D eigenvalue weighted by molar-refractivity contribution is 7.16. The predicted octanol–water partition coefficient (Wildman–Crippen LogP) is 2.70. The minimum absolute atomic E-state index is 0.0318. The number of fused-ring (bicyclic) bond motifs is 1. The van der Waals surface area contributed by atoms with Crippen LogP contribution in [0.5, 0.6) is 0 Å². The molecule has 1 heterocycles. The van der Waals surface area contributed by atoms with Gasteiger partial charge in [0.2, 0.25) is 0 Å². The molecule has 1 amide bonds. The molecule has 3 rings (SSSR count). The van der Waals surface area contributed by atoms with Gasteiger partial charge in [0.1, 0.15) is 5.82 Å². The van der Waals surface area contributed by atoms with Gasteiger partial charge in [0.25, 0.3) is 5.91 Å². The molecule has 0 unspecified atom stereocenters. The quantitative estimate of drug-likeness (QED) is 0.782. The first kappa shape index (κ1) is 13.1. The fourth-order valence-electron chi connectivity index (χ4n) is 2.25. The average molecular weight is 288 g/mol. The van der Waals surface area contributed by atoms with Gasteiger partial charge in [-0.15, -0.1) is 6.42 Å². The van der Waals surface area contributed by atoms with Crippen molar-refractivity contribution in [3.63, 3.8) is 0 Å². The molecule has 1 fully saturated rings. The summed E-state index contributed by atoms with van der Waals surface area (Å²) in [6.45, 7) is 0.206. The number of carbonyl (C=O) groups excluding carboxylic acids is 1. The van der Waals surface area contributed by atoms with Gasteiger partial charge in [0, 0.05) is 5.92 Å². The first-order valence-corrected chi connectivity index (χ1v) is 7.32. The number of thiazole rings is 1. The van der Waals surface area contributed by atoms with Crippen molar-refractivity contribution in [1.82, 2.24) is 4.57 Å². The topological polar surface area (TPSA) is 34.4 Å². The Morgan fingerprint density at radius 3 is 3.00 bits per heavy atom. The number of hydrogen-bond acceptors (Lipinski definition) is 2. The van der Waals surface area contributed by atoms with Crippen LogP contribution in [0.4, 0.5) is 4.39 Å². The Balaban J connectivity index is 2.17. The number of hydrogen-bond donors (Lipinski definition) is 0. The molecule has 1 saturated carbocycles. The molecule has 1 aromatic carbocycles. The molecule has 0 atom stereocenters. The van der Waals surface area contributed by atoms with Gasteiger partial charge in [0.05, 0.1) is 16.8 Å². The molecule has 0 N–H and O–H groups in total. The molecule has 1 aliphatic rings. The van der Waals surface area contributed by atoms with Crippen molar-refractivity contribution >= 4 is 27.5 Å². The molecular weight excluding hydrogens is 275 g/mol. The summed E-state index contributed by atoms with van der Waals surface area (Å²) in [7, 11) is 0. The summed E-state index contributed by atoms with van der Waals surface area (Å²) < 4.78 is 16.3. The summed E-state index contributed by atoms with van der Waals surface area (Å²) in [6.07, 6.45) is 8.22. The molecule has 102 valence electrons. The fraction of sp³-hybridized carbons (Fsp3) is 0.333. The highest BCUT2D eigenvalue weighted by atomic mass is 32.1. The first-order valence-electron chi connectivity index (χ1n) is 6.50. The highest BCUT2D eigenvalue weighted by Crippen LogP contribution is 2.27. The monoisotopic (exact) mass is 288 g/mol. The normalized spacial score (nSPS) is 16.1. The molecule has 3 nitrogen and oxygen atoms in total. The number of terminal acetylenes is 1. The molecule has 1 aliphatic carbocycles. The minimum Gasteiger partial charge on any atom is -0.302 e. The summed E-state index contributed by atoms with van der Waals surface area (Å²) >= 11 is 1.30. The summed E-state index contributed by atoms with van der Waals surface area (Å²) in [4.78, 5) is 16.6. The van der Waals surface area contributed by atoms with E-state index in [1.165, 1.54) is 17.4 Å². The maximum absolute atomic E-state index is 13.9. The third-order valence-corrected chi connectivity index (χ3v) is 4.61. The number of halogens is 1. The van der Waals surface area contributed by atoms with Crippen molar-refractivity contribution in [3.8, 4) is 12.3 Å². The third-order valence-electron chi connectivity index (χ3n) is 3.56. The minimum atomic E-state index is -0.341. The number of aromatic nitrogens is 1. The zero-order valence-electron chi connectivity index (χ0n) is 10.8.